The highest BCUT2D eigenvalue weighted by Gasteiger charge is 2.23. The summed E-state index contributed by atoms with van der Waals surface area (Å²) in [5.41, 5.74) is 2.39. The fraction of sp³-hybridized carbons (Fsp3) is 0.800. The Bertz CT molecular complexity index is 570. The summed E-state index contributed by atoms with van der Waals surface area (Å²) in [6, 6.07) is 0.958. The largest absolute Gasteiger partial charge is 0.353 e. The predicted molar refractivity (Wildman–Crippen MR) is 104 cm³/mol. The number of amides is 1. The van der Waals surface area contributed by atoms with Crippen molar-refractivity contribution < 1.29 is 4.79 Å². The van der Waals surface area contributed by atoms with Crippen molar-refractivity contribution >= 4 is 17.7 Å². The Morgan fingerprint density at radius 2 is 1.64 bits per heavy atom. The number of aromatic nitrogens is 2. The molecule has 2 fully saturated rings. The molecule has 0 spiro atoms. The molecule has 2 aliphatic carbocycles. The predicted octanol–water partition coefficient (Wildman–Crippen LogP) is 4.94. The van der Waals surface area contributed by atoms with Crippen LogP contribution < -0.4 is 5.32 Å². The number of carbonyl (C=O) groups excluding carboxylic acids is 1. The number of aryl methyl sites for hydroxylation is 1. The van der Waals surface area contributed by atoms with Crippen molar-refractivity contribution in [2.45, 2.75) is 102 Å². The van der Waals surface area contributed by atoms with Gasteiger partial charge in [0.1, 0.15) is 0 Å². The molecular formula is C20H33N3OS. The lowest BCUT2D eigenvalue weighted by molar-refractivity contribution is -0.119. The quantitative estimate of drug-likeness (QED) is 0.595. The highest BCUT2D eigenvalue weighted by Crippen LogP contribution is 2.34. The molecule has 0 unspecified atom stereocenters. The van der Waals surface area contributed by atoms with Gasteiger partial charge in [-0.2, -0.15) is 0 Å². The molecule has 0 aromatic carbocycles. The molecule has 1 aromatic heterocycles. The van der Waals surface area contributed by atoms with Crippen molar-refractivity contribution in [2.75, 3.05) is 5.75 Å². The first-order valence-corrected chi connectivity index (χ1v) is 11.1. The normalized spacial score (nSPS) is 20.4. The smallest absolute Gasteiger partial charge is 0.230 e. The molecule has 2 aliphatic rings. The maximum atomic E-state index is 12.4. The van der Waals surface area contributed by atoms with Crippen LogP contribution in [-0.4, -0.2) is 27.3 Å². The topological polar surface area (TPSA) is 46.9 Å². The van der Waals surface area contributed by atoms with E-state index >= 15 is 0 Å². The Morgan fingerprint density at radius 3 is 2.32 bits per heavy atom. The molecule has 0 saturated heterocycles. The molecule has 1 N–H and O–H groups in total. The molecule has 0 bridgehead atoms. The third-order valence-electron chi connectivity index (χ3n) is 5.85. The van der Waals surface area contributed by atoms with E-state index in [-0.39, 0.29) is 5.91 Å². The van der Waals surface area contributed by atoms with Crippen LogP contribution in [-0.2, 0) is 4.79 Å². The van der Waals surface area contributed by atoms with E-state index < -0.39 is 0 Å². The van der Waals surface area contributed by atoms with Gasteiger partial charge >= 0.3 is 0 Å². The molecule has 4 nitrogen and oxygen atoms in total. The third-order valence-corrected chi connectivity index (χ3v) is 6.80. The van der Waals surface area contributed by atoms with E-state index in [4.69, 9.17) is 4.98 Å². The second-order valence-electron chi connectivity index (χ2n) is 7.77. The molecule has 25 heavy (non-hydrogen) atoms. The van der Waals surface area contributed by atoms with Gasteiger partial charge < -0.3 is 9.88 Å². The summed E-state index contributed by atoms with van der Waals surface area (Å²) in [5, 5.41) is 4.29. The minimum atomic E-state index is 0.172. The first-order chi connectivity index (χ1) is 12.1. The zero-order valence-corrected chi connectivity index (χ0v) is 16.7. The average molecular weight is 364 g/mol. The van der Waals surface area contributed by atoms with E-state index in [0.29, 0.717) is 17.8 Å². The Balaban J connectivity index is 1.58. The average Bonchev–Trinajstić information content (AvgIpc) is 2.79. The van der Waals surface area contributed by atoms with Gasteiger partial charge in [-0.05, 0) is 39.5 Å². The first-order valence-electron chi connectivity index (χ1n) is 10.1. The molecule has 1 amide bonds. The minimum Gasteiger partial charge on any atom is -0.353 e. The Kier molecular flexibility index (Phi) is 6.85. The zero-order valence-electron chi connectivity index (χ0n) is 15.9. The van der Waals surface area contributed by atoms with Gasteiger partial charge in [-0.3, -0.25) is 4.79 Å². The molecule has 5 heteroatoms. The number of rotatable bonds is 5. The lowest BCUT2D eigenvalue weighted by atomic mass is 9.95. The molecule has 3 rings (SSSR count). The second kappa shape index (κ2) is 9.11. The van der Waals surface area contributed by atoms with Crippen LogP contribution in [0.25, 0.3) is 0 Å². The van der Waals surface area contributed by atoms with E-state index in [1.807, 2.05) is 0 Å². The summed E-state index contributed by atoms with van der Waals surface area (Å²) in [7, 11) is 0. The van der Waals surface area contributed by atoms with E-state index in [1.165, 1.54) is 63.5 Å². The van der Waals surface area contributed by atoms with Gasteiger partial charge in [-0.1, -0.05) is 56.7 Å². The van der Waals surface area contributed by atoms with Crippen molar-refractivity contribution in [3.05, 3.63) is 11.4 Å². The molecule has 2 saturated carbocycles. The number of imidazole rings is 1. The van der Waals surface area contributed by atoms with Crippen LogP contribution in [0.3, 0.4) is 0 Å². The van der Waals surface area contributed by atoms with Crippen LogP contribution in [0.1, 0.15) is 88.1 Å². The van der Waals surface area contributed by atoms with Gasteiger partial charge in [0.15, 0.2) is 5.16 Å². The molecule has 0 radical (unpaired) electrons. The van der Waals surface area contributed by atoms with Crippen LogP contribution in [0.15, 0.2) is 5.16 Å². The SMILES string of the molecule is Cc1nc(SCC(=O)NC2CCCCCC2)n(C2CCCCC2)c1C. The number of nitrogens with zero attached hydrogens (tertiary/aromatic N) is 2. The molecular weight excluding hydrogens is 330 g/mol. The fourth-order valence-electron chi connectivity index (χ4n) is 4.29. The summed E-state index contributed by atoms with van der Waals surface area (Å²) >= 11 is 1.62. The Labute approximate surface area is 156 Å². The van der Waals surface area contributed by atoms with Gasteiger partial charge in [0.2, 0.25) is 5.91 Å². The Hall–Kier alpha value is -0.970. The standard InChI is InChI=1S/C20H33N3OS/c1-15-16(2)23(18-12-8-5-9-13-18)20(21-15)25-14-19(24)22-17-10-6-3-4-7-11-17/h17-18H,3-14H2,1-2H3,(H,22,24). The van der Waals surface area contributed by atoms with E-state index in [2.05, 4.69) is 23.7 Å². The van der Waals surface area contributed by atoms with Crippen LogP contribution in [0.5, 0.6) is 0 Å². The van der Waals surface area contributed by atoms with E-state index in [9.17, 15) is 4.79 Å². The first kappa shape index (κ1) is 18.8. The number of hydrogen-bond acceptors (Lipinski definition) is 3. The van der Waals surface area contributed by atoms with Gasteiger partial charge in [-0.15, -0.1) is 0 Å². The lowest BCUT2D eigenvalue weighted by Gasteiger charge is -2.26. The molecule has 0 aliphatic heterocycles. The van der Waals surface area contributed by atoms with Crippen LogP contribution >= 0.6 is 11.8 Å². The van der Waals surface area contributed by atoms with Crippen molar-refractivity contribution in [1.82, 2.24) is 14.9 Å². The number of hydrogen-bond donors (Lipinski definition) is 1. The number of nitrogens with one attached hydrogen (secondary N) is 1. The molecule has 1 heterocycles. The maximum absolute atomic E-state index is 12.4. The van der Waals surface area contributed by atoms with Crippen LogP contribution in [0, 0.1) is 13.8 Å². The summed E-state index contributed by atoms with van der Waals surface area (Å²) in [4.78, 5) is 17.2. The van der Waals surface area contributed by atoms with Crippen molar-refractivity contribution in [1.29, 1.82) is 0 Å². The van der Waals surface area contributed by atoms with Crippen LogP contribution in [0.4, 0.5) is 0 Å². The Morgan fingerprint density at radius 1 is 1.04 bits per heavy atom. The second-order valence-corrected chi connectivity index (χ2v) is 8.71. The van der Waals surface area contributed by atoms with Crippen molar-refractivity contribution in [3.63, 3.8) is 0 Å². The van der Waals surface area contributed by atoms with Gasteiger partial charge in [0, 0.05) is 17.8 Å². The van der Waals surface area contributed by atoms with Gasteiger partial charge in [-0.25, -0.2) is 4.98 Å². The summed E-state index contributed by atoms with van der Waals surface area (Å²) in [5.74, 6) is 0.657. The maximum Gasteiger partial charge on any atom is 0.230 e. The van der Waals surface area contributed by atoms with E-state index in [0.717, 1.165) is 23.7 Å². The zero-order chi connectivity index (χ0) is 17.6. The van der Waals surface area contributed by atoms with Crippen molar-refractivity contribution in [2.24, 2.45) is 0 Å². The number of thioether (sulfide) groups is 1. The van der Waals surface area contributed by atoms with Gasteiger partial charge in [0.05, 0.1) is 11.4 Å². The van der Waals surface area contributed by atoms with Crippen molar-refractivity contribution in [3.8, 4) is 0 Å². The minimum absolute atomic E-state index is 0.172. The monoisotopic (exact) mass is 363 g/mol. The highest BCUT2D eigenvalue weighted by atomic mass is 32.2. The van der Waals surface area contributed by atoms with Gasteiger partial charge in [0.25, 0.3) is 0 Å². The van der Waals surface area contributed by atoms with Crippen LogP contribution in [0.2, 0.25) is 0 Å². The summed E-state index contributed by atoms with van der Waals surface area (Å²) < 4.78 is 2.41. The molecule has 140 valence electrons. The summed E-state index contributed by atoms with van der Waals surface area (Å²) in [6.07, 6.45) is 13.9. The molecule has 0 atom stereocenters. The number of carbonyl (C=O) groups is 1. The van der Waals surface area contributed by atoms with E-state index in [1.54, 1.807) is 11.8 Å². The summed E-state index contributed by atoms with van der Waals surface area (Å²) in [6.45, 7) is 4.26. The fourth-order valence-corrected chi connectivity index (χ4v) is 5.26. The lowest BCUT2D eigenvalue weighted by Crippen LogP contribution is -2.35. The molecule has 1 aromatic rings. The highest BCUT2D eigenvalue weighted by molar-refractivity contribution is 7.99. The third kappa shape index (κ3) is 5.02.